The first-order valence-electron chi connectivity index (χ1n) is 8.83. The smallest absolute Gasteiger partial charge is 0.225 e. The molecule has 2 aliphatic heterocycles. The molecule has 2 saturated heterocycles. The highest BCUT2D eigenvalue weighted by atomic mass is 16.5. The fraction of sp³-hybridized carbons (Fsp3) is 0.765. The molecular weight excluding hydrogens is 308 g/mol. The highest BCUT2D eigenvalue weighted by Crippen LogP contribution is 2.20. The molecular formula is C17H28N4O3. The summed E-state index contributed by atoms with van der Waals surface area (Å²) in [6, 6.07) is 2.50. The lowest BCUT2D eigenvalue weighted by atomic mass is 10.0. The van der Waals surface area contributed by atoms with Gasteiger partial charge in [-0.15, -0.1) is 0 Å². The van der Waals surface area contributed by atoms with Crippen LogP contribution in [0.5, 0.6) is 0 Å². The van der Waals surface area contributed by atoms with Gasteiger partial charge >= 0.3 is 0 Å². The molecule has 0 aliphatic carbocycles. The van der Waals surface area contributed by atoms with Gasteiger partial charge in [-0.3, -0.25) is 14.6 Å². The van der Waals surface area contributed by atoms with Crippen LogP contribution in [0.15, 0.2) is 10.6 Å². The monoisotopic (exact) mass is 336 g/mol. The molecule has 1 aromatic heterocycles. The number of nitrogens with one attached hydrogen (secondary N) is 1. The van der Waals surface area contributed by atoms with Crippen molar-refractivity contribution < 1.29 is 14.1 Å². The molecule has 1 aromatic rings. The number of ether oxygens (including phenoxy) is 1. The average molecular weight is 336 g/mol. The van der Waals surface area contributed by atoms with Crippen LogP contribution in [0, 0.1) is 12.8 Å². The molecule has 0 unspecified atom stereocenters. The summed E-state index contributed by atoms with van der Waals surface area (Å²) in [6.45, 7) is 7.78. The van der Waals surface area contributed by atoms with Gasteiger partial charge in [0.1, 0.15) is 5.76 Å². The van der Waals surface area contributed by atoms with Gasteiger partial charge in [-0.1, -0.05) is 5.16 Å². The number of hydrogen-bond donors (Lipinski definition) is 1. The number of hydrogen-bond acceptors (Lipinski definition) is 6. The molecule has 1 amide bonds. The molecule has 2 aliphatic rings. The topological polar surface area (TPSA) is 70.8 Å². The first-order valence-corrected chi connectivity index (χ1v) is 8.83. The Labute approximate surface area is 143 Å². The summed E-state index contributed by atoms with van der Waals surface area (Å²) < 4.78 is 10.7. The van der Waals surface area contributed by atoms with Crippen molar-refractivity contribution in [3.05, 3.63) is 17.5 Å². The Bertz CT molecular complexity index is 542. The SMILES string of the molecule is CNC(=O)[C@@H]1CN(Cc2cc(C)on2)CCN(C2CCOCC2)C1. The van der Waals surface area contributed by atoms with Gasteiger partial charge in [0.05, 0.1) is 11.6 Å². The Balaban J connectivity index is 1.67. The van der Waals surface area contributed by atoms with Crippen LogP contribution in [0.1, 0.15) is 24.3 Å². The van der Waals surface area contributed by atoms with E-state index in [9.17, 15) is 4.79 Å². The van der Waals surface area contributed by atoms with Crippen LogP contribution < -0.4 is 5.32 Å². The highest BCUT2D eigenvalue weighted by molar-refractivity contribution is 5.78. The standard InChI is InChI=1S/C17H28N4O3/c1-13-9-15(19-24-13)12-20-5-6-21(16-3-7-23-8-4-16)11-14(10-20)17(22)18-2/h9,14,16H,3-8,10-12H2,1-2H3,(H,18,22)/t14-/m1/s1. The summed E-state index contributed by atoms with van der Waals surface area (Å²) in [5.41, 5.74) is 0.933. The third-order valence-electron chi connectivity index (χ3n) is 5.02. The normalized spacial score (nSPS) is 24.7. The number of aromatic nitrogens is 1. The number of amides is 1. The molecule has 7 heteroatoms. The first-order chi connectivity index (χ1) is 11.7. The Morgan fingerprint density at radius 2 is 2.12 bits per heavy atom. The van der Waals surface area contributed by atoms with Gasteiger partial charge in [-0.05, 0) is 19.8 Å². The van der Waals surface area contributed by atoms with Crippen molar-refractivity contribution >= 4 is 5.91 Å². The van der Waals surface area contributed by atoms with E-state index < -0.39 is 0 Å². The van der Waals surface area contributed by atoms with Crippen molar-refractivity contribution in [3.8, 4) is 0 Å². The molecule has 1 N–H and O–H groups in total. The van der Waals surface area contributed by atoms with Crippen LogP contribution in [0.2, 0.25) is 0 Å². The molecule has 0 aromatic carbocycles. The first kappa shape index (κ1) is 17.4. The van der Waals surface area contributed by atoms with Gasteiger partial charge in [0.15, 0.2) is 0 Å². The Hall–Kier alpha value is -1.44. The van der Waals surface area contributed by atoms with E-state index in [0.29, 0.717) is 6.04 Å². The van der Waals surface area contributed by atoms with E-state index in [1.807, 2.05) is 13.0 Å². The number of nitrogens with zero attached hydrogens (tertiary/aromatic N) is 3. The second-order valence-electron chi connectivity index (χ2n) is 6.81. The molecule has 0 saturated carbocycles. The number of carbonyl (C=O) groups is 1. The third-order valence-corrected chi connectivity index (χ3v) is 5.02. The molecule has 7 nitrogen and oxygen atoms in total. The zero-order valence-electron chi connectivity index (χ0n) is 14.7. The van der Waals surface area contributed by atoms with E-state index in [-0.39, 0.29) is 11.8 Å². The van der Waals surface area contributed by atoms with E-state index in [1.54, 1.807) is 7.05 Å². The highest BCUT2D eigenvalue weighted by Gasteiger charge is 2.31. The predicted octanol–water partition coefficient (Wildman–Crippen LogP) is 0.642. The second-order valence-corrected chi connectivity index (χ2v) is 6.81. The van der Waals surface area contributed by atoms with Gasteiger partial charge in [-0.2, -0.15) is 0 Å². The summed E-state index contributed by atoms with van der Waals surface area (Å²) in [7, 11) is 1.72. The fourth-order valence-corrected chi connectivity index (χ4v) is 3.72. The maximum atomic E-state index is 12.3. The van der Waals surface area contributed by atoms with Gasteiger partial charge < -0.3 is 14.6 Å². The summed E-state index contributed by atoms with van der Waals surface area (Å²) in [5.74, 6) is 0.926. The lowest BCUT2D eigenvalue weighted by Crippen LogP contribution is -2.45. The summed E-state index contributed by atoms with van der Waals surface area (Å²) >= 11 is 0. The van der Waals surface area contributed by atoms with Gasteiger partial charge in [-0.25, -0.2) is 0 Å². The Morgan fingerprint density at radius 1 is 1.33 bits per heavy atom. The van der Waals surface area contributed by atoms with Crippen LogP contribution in [0.3, 0.4) is 0 Å². The molecule has 3 rings (SSSR count). The fourth-order valence-electron chi connectivity index (χ4n) is 3.72. The van der Waals surface area contributed by atoms with E-state index in [4.69, 9.17) is 9.26 Å². The molecule has 3 heterocycles. The van der Waals surface area contributed by atoms with Crippen LogP contribution in [-0.4, -0.2) is 73.3 Å². The van der Waals surface area contributed by atoms with E-state index in [1.165, 1.54) is 0 Å². The van der Waals surface area contributed by atoms with Crippen LogP contribution >= 0.6 is 0 Å². The van der Waals surface area contributed by atoms with Crippen molar-refractivity contribution in [1.82, 2.24) is 20.3 Å². The molecule has 1 atom stereocenters. The zero-order chi connectivity index (χ0) is 16.9. The summed E-state index contributed by atoms with van der Waals surface area (Å²) in [6.07, 6.45) is 2.12. The van der Waals surface area contributed by atoms with E-state index in [2.05, 4.69) is 20.3 Å². The Kier molecular flexibility index (Phi) is 5.86. The lowest BCUT2D eigenvalue weighted by molar-refractivity contribution is -0.125. The minimum atomic E-state index is -0.0201. The maximum Gasteiger partial charge on any atom is 0.225 e. The van der Waals surface area contributed by atoms with Crippen molar-refractivity contribution in [2.75, 3.05) is 46.4 Å². The minimum absolute atomic E-state index is 0.0201. The molecule has 134 valence electrons. The quantitative estimate of drug-likeness (QED) is 0.870. The van der Waals surface area contributed by atoms with Crippen molar-refractivity contribution in [2.24, 2.45) is 5.92 Å². The third kappa shape index (κ3) is 4.34. The number of rotatable bonds is 4. The maximum absolute atomic E-state index is 12.3. The van der Waals surface area contributed by atoms with E-state index >= 15 is 0 Å². The zero-order valence-corrected chi connectivity index (χ0v) is 14.7. The summed E-state index contributed by atoms with van der Waals surface area (Å²) in [5, 5.41) is 6.92. The number of aryl methyl sites for hydroxylation is 1. The molecule has 0 radical (unpaired) electrons. The van der Waals surface area contributed by atoms with Crippen LogP contribution in [0.4, 0.5) is 0 Å². The van der Waals surface area contributed by atoms with Crippen LogP contribution in [-0.2, 0) is 16.1 Å². The van der Waals surface area contributed by atoms with Crippen LogP contribution in [0.25, 0.3) is 0 Å². The lowest BCUT2D eigenvalue weighted by Gasteiger charge is -2.34. The van der Waals surface area contributed by atoms with Crippen molar-refractivity contribution in [3.63, 3.8) is 0 Å². The Morgan fingerprint density at radius 3 is 2.79 bits per heavy atom. The second kappa shape index (κ2) is 8.09. The molecule has 0 spiro atoms. The molecule has 0 bridgehead atoms. The average Bonchev–Trinajstić information content (AvgIpc) is 2.89. The largest absolute Gasteiger partial charge is 0.381 e. The van der Waals surface area contributed by atoms with Gasteiger partial charge in [0.2, 0.25) is 5.91 Å². The van der Waals surface area contributed by atoms with Crippen molar-refractivity contribution in [2.45, 2.75) is 32.4 Å². The molecule has 2 fully saturated rings. The van der Waals surface area contributed by atoms with E-state index in [0.717, 1.165) is 70.2 Å². The summed E-state index contributed by atoms with van der Waals surface area (Å²) in [4.78, 5) is 17.1. The van der Waals surface area contributed by atoms with Gasteiger partial charge in [0.25, 0.3) is 0 Å². The number of carbonyl (C=O) groups excluding carboxylic acids is 1. The van der Waals surface area contributed by atoms with Gasteiger partial charge in [0, 0.05) is 65.1 Å². The minimum Gasteiger partial charge on any atom is -0.381 e. The van der Waals surface area contributed by atoms with Crippen molar-refractivity contribution in [1.29, 1.82) is 0 Å². The molecule has 24 heavy (non-hydrogen) atoms. The predicted molar refractivity (Wildman–Crippen MR) is 89.5 cm³/mol.